The number of hydrogen-bond acceptors (Lipinski definition) is 1. The van der Waals surface area contributed by atoms with Crippen molar-refractivity contribution in [2.24, 2.45) is 16.7 Å². The second-order valence-corrected chi connectivity index (χ2v) is 7.11. The van der Waals surface area contributed by atoms with Crippen molar-refractivity contribution in [2.75, 3.05) is 0 Å². The summed E-state index contributed by atoms with van der Waals surface area (Å²) < 4.78 is 0. The maximum Gasteiger partial charge on any atom is 0.0415 e. The Morgan fingerprint density at radius 1 is 1.33 bits per heavy atom. The lowest BCUT2D eigenvalue weighted by Crippen LogP contribution is -2.10. The molecule has 1 aliphatic rings. The maximum absolute atomic E-state index is 6.54. The minimum atomic E-state index is 0.282. The molecule has 0 N–H and O–H groups in total. The third-order valence-electron chi connectivity index (χ3n) is 4.50. The first kappa shape index (κ1) is 11.5. The molecular formula is C13H19ClS. The zero-order valence-electron chi connectivity index (χ0n) is 9.88. The molecule has 2 heteroatoms. The molecule has 1 fully saturated rings. The van der Waals surface area contributed by atoms with Crippen LogP contribution in [0.15, 0.2) is 16.8 Å². The van der Waals surface area contributed by atoms with Gasteiger partial charge < -0.3 is 0 Å². The largest absolute Gasteiger partial charge is 0.152 e. The summed E-state index contributed by atoms with van der Waals surface area (Å²) in [5, 5.41) is 4.62. The van der Waals surface area contributed by atoms with E-state index < -0.39 is 0 Å². The predicted molar refractivity (Wildman–Crippen MR) is 68.7 cm³/mol. The van der Waals surface area contributed by atoms with Crippen molar-refractivity contribution < 1.29 is 0 Å². The molecule has 1 heterocycles. The molecule has 0 saturated heterocycles. The SMILES string of the molecule is CC1(C)C(C(Cl)Cc2ccsc2)C1(C)C. The lowest BCUT2D eigenvalue weighted by atomic mass is 10.0. The minimum absolute atomic E-state index is 0.282. The highest BCUT2D eigenvalue weighted by Crippen LogP contribution is 2.70. The summed E-state index contributed by atoms with van der Waals surface area (Å²) in [6, 6.07) is 2.18. The molecule has 0 amide bonds. The summed E-state index contributed by atoms with van der Waals surface area (Å²) in [5.74, 6) is 0.645. The molecule has 2 rings (SSSR count). The van der Waals surface area contributed by atoms with Gasteiger partial charge in [0.1, 0.15) is 0 Å². The van der Waals surface area contributed by atoms with E-state index in [1.54, 1.807) is 11.3 Å². The summed E-state index contributed by atoms with van der Waals surface area (Å²) >= 11 is 8.30. The van der Waals surface area contributed by atoms with Crippen molar-refractivity contribution in [3.8, 4) is 0 Å². The number of thiophene rings is 1. The molecule has 84 valence electrons. The Balaban J connectivity index is 2.02. The summed E-state index contributed by atoms with van der Waals surface area (Å²) in [6.45, 7) is 9.34. The molecule has 15 heavy (non-hydrogen) atoms. The molecule has 1 aliphatic carbocycles. The second-order valence-electron chi connectivity index (χ2n) is 5.77. The Kier molecular flexibility index (Phi) is 2.67. The molecule has 1 atom stereocenters. The number of halogens is 1. The van der Waals surface area contributed by atoms with E-state index in [0.29, 0.717) is 16.7 Å². The van der Waals surface area contributed by atoms with Gasteiger partial charge in [-0.3, -0.25) is 0 Å². The monoisotopic (exact) mass is 242 g/mol. The first-order chi connectivity index (χ1) is 6.87. The smallest absolute Gasteiger partial charge is 0.0415 e. The van der Waals surface area contributed by atoms with Gasteiger partial charge in [-0.05, 0) is 45.6 Å². The lowest BCUT2D eigenvalue weighted by Gasteiger charge is -2.10. The van der Waals surface area contributed by atoms with Crippen LogP contribution in [0.2, 0.25) is 0 Å². The minimum Gasteiger partial charge on any atom is -0.152 e. The first-order valence-electron chi connectivity index (χ1n) is 5.52. The van der Waals surface area contributed by atoms with Crippen molar-refractivity contribution in [1.82, 2.24) is 0 Å². The summed E-state index contributed by atoms with van der Waals surface area (Å²) in [6.07, 6.45) is 1.02. The van der Waals surface area contributed by atoms with Gasteiger partial charge >= 0.3 is 0 Å². The van der Waals surface area contributed by atoms with E-state index in [9.17, 15) is 0 Å². The number of alkyl halides is 1. The van der Waals surface area contributed by atoms with Crippen LogP contribution in [-0.2, 0) is 6.42 Å². The van der Waals surface area contributed by atoms with Crippen molar-refractivity contribution in [2.45, 2.75) is 39.5 Å². The quantitative estimate of drug-likeness (QED) is 0.681. The van der Waals surface area contributed by atoms with E-state index in [4.69, 9.17) is 11.6 Å². The Bertz CT molecular complexity index is 323. The van der Waals surface area contributed by atoms with E-state index in [2.05, 4.69) is 44.5 Å². The van der Waals surface area contributed by atoms with Crippen LogP contribution in [0.3, 0.4) is 0 Å². The zero-order valence-corrected chi connectivity index (χ0v) is 11.5. The van der Waals surface area contributed by atoms with E-state index in [0.717, 1.165) is 6.42 Å². The molecule has 0 bridgehead atoms. The average molecular weight is 243 g/mol. The van der Waals surface area contributed by atoms with Gasteiger partial charge in [0.15, 0.2) is 0 Å². The zero-order chi connectivity index (χ0) is 11.3. The van der Waals surface area contributed by atoms with E-state index in [-0.39, 0.29) is 5.38 Å². The second kappa shape index (κ2) is 3.49. The topological polar surface area (TPSA) is 0 Å². The molecule has 1 aromatic rings. The summed E-state index contributed by atoms with van der Waals surface area (Å²) in [7, 11) is 0. The van der Waals surface area contributed by atoms with Gasteiger partial charge in [0.2, 0.25) is 0 Å². The Morgan fingerprint density at radius 2 is 1.93 bits per heavy atom. The van der Waals surface area contributed by atoms with Crippen LogP contribution in [0, 0.1) is 16.7 Å². The normalized spacial score (nSPS) is 25.1. The van der Waals surface area contributed by atoms with Gasteiger partial charge in [0.05, 0.1) is 0 Å². The molecule has 0 radical (unpaired) electrons. The van der Waals surface area contributed by atoms with E-state index in [1.165, 1.54) is 5.56 Å². The first-order valence-corrected chi connectivity index (χ1v) is 6.90. The molecular weight excluding hydrogens is 224 g/mol. The fourth-order valence-electron chi connectivity index (χ4n) is 2.90. The van der Waals surface area contributed by atoms with Crippen LogP contribution < -0.4 is 0 Å². The predicted octanol–water partition coefficient (Wildman–Crippen LogP) is 4.58. The third kappa shape index (κ3) is 1.74. The standard InChI is InChI=1S/C13H19ClS/c1-12(2)11(13(12,3)4)10(14)7-9-5-6-15-8-9/h5-6,8,10-11H,7H2,1-4H3. The lowest BCUT2D eigenvalue weighted by molar-refractivity contribution is 0.457. The van der Waals surface area contributed by atoms with Crippen LogP contribution in [0.1, 0.15) is 33.3 Å². The Morgan fingerprint density at radius 3 is 2.33 bits per heavy atom. The van der Waals surface area contributed by atoms with Crippen LogP contribution in [0.4, 0.5) is 0 Å². The van der Waals surface area contributed by atoms with Crippen LogP contribution in [0.5, 0.6) is 0 Å². The van der Waals surface area contributed by atoms with Gasteiger partial charge in [0, 0.05) is 5.38 Å². The fraction of sp³-hybridized carbons (Fsp3) is 0.692. The van der Waals surface area contributed by atoms with Gasteiger partial charge in [0.25, 0.3) is 0 Å². The van der Waals surface area contributed by atoms with E-state index >= 15 is 0 Å². The molecule has 0 spiro atoms. The highest BCUT2D eigenvalue weighted by molar-refractivity contribution is 7.07. The Hall–Kier alpha value is -0.0100. The van der Waals surface area contributed by atoms with Crippen LogP contribution in [0.25, 0.3) is 0 Å². The number of rotatable bonds is 3. The van der Waals surface area contributed by atoms with Crippen LogP contribution in [-0.4, -0.2) is 5.38 Å². The maximum atomic E-state index is 6.54. The van der Waals surface area contributed by atoms with Crippen molar-refractivity contribution >= 4 is 22.9 Å². The van der Waals surface area contributed by atoms with Gasteiger partial charge in [-0.15, -0.1) is 11.6 Å². The fourth-order valence-corrected chi connectivity index (χ4v) is 4.39. The molecule has 1 unspecified atom stereocenters. The molecule has 0 nitrogen and oxygen atoms in total. The molecule has 0 aromatic carbocycles. The average Bonchev–Trinajstić information content (AvgIpc) is 2.53. The van der Waals surface area contributed by atoms with Crippen molar-refractivity contribution in [3.05, 3.63) is 22.4 Å². The van der Waals surface area contributed by atoms with Crippen LogP contribution >= 0.6 is 22.9 Å². The van der Waals surface area contributed by atoms with Gasteiger partial charge in [-0.2, -0.15) is 11.3 Å². The van der Waals surface area contributed by atoms with E-state index in [1.807, 2.05) is 0 Å². The molecule has 0 aliphatic heterocycles. The Labute approximate surface area is 102 Å². The summed E-state index contributed by atoms with van der Waals surface area (Å²) in [5.41, 5.74) is 2.18. The molecule has 1 aromatic heterocycles. The highest BCUT2D eigenvalue weighted by Gasteiger charge is 2.66. The molecule has 1 saturated carbocycles. The van der Waals surface area contributed by atoms with Crippen molar-refractivity contribution in [3.63, 3.8) is 0 Å². The van der Waals surface area contributed by atoms with Gasteiger partial charge in [-0.1, -0.05) is 27.7 Å². The highest BCUT2D eigenvalue weighted by atomic mass is 35.5. The van der Waals surface area contributed by atoms with Gasteiger partial charge in [-0.25, -0.2) is 0 Å². The summed E-state index contributed by atoms with van der Waals surface area (Å²) in [4.78, 5) is 0. The third-order valence-corrected chi connectivity index (χ3v) is 5.64. The van der Waals surface area contributed by atoms with Crippen molar-refractivity contribution in [1.29, 1.82) is 0 Å². The number of hydrogen-bond donors (Lipinski definition) is 0.